The van der Waals surface area contributed by atoms with Gasteiger partial charge in [-0.3, -0.25) is 0 Å². The summed E-state index contributed by atoms with van der Waals surface area (Å²) in [5.74, 6) is 3.95. The highest BCUT2D eigenvalue weighted by atomic mass is 16.5. The molecule has 9 aromatic rings. The predicted octanol–water partition coefficient (Wildman–Crippen LogP) is 10.2. The maximum atomic E-state index is 6.71. The lowest BCUT2D eigenvalue weighted by Crippen LogP contribution is -2.00. The molecule has 0 saturated carbocycles. The van der Waals surface area contributed by atoms with Crippen LogP contribution in [0.5, 0.6) is 23.0 Å². The van der Waals surface area contributed by atoms with Gasteiger partial charge in [-0.2, -0.15) is 0 Å². The summed E-state index contributed by atoms with van der Waals surface area (Å²) in [5.41, 5.74) is 9.73. The van der Waals surface area contributed by atoms with E-state index in [1.165, 1.54) is 0 Å². The van der Waals surface area contributed by atoms with E-state index in [-0.39, 0.29) is 0 Å². The minimum atomic E-state index is 0.417. The van der Waals surface area contributed by atoms with E-state index < -0.39 is 0 Å². The summed E-state index contributed by atoms with van der Waals surface area (Å²) in [6, 6.07) is 36.9. The van der Waals surface area contributed by atoms with Gasteiger partial charge >= 0.3 is 0 Å². The van der Waals surface area contributed by atoms with Crippen molar-refractivity contribution in [2.24, 2.45) is 0 Å². The largest absolute Gasteiger partial charge is 0.497 e. The summed E-state index contributed by atoms with van der Waals surface area (Å²) in [6.45, 7) is 4.21. The first-order chi connectivity index (χ1) is 25.9. The van der Waals surface area contributed by atoms with Gasteiger partial charge < -0.3 is 32.5 Å². The summed E-state index contributed by atoms with van der Waals surface area (Å²) in [6.07, 6.45) is 0. The van der Waals surface area contributed by atoms with Crippen LogP contribution in [0.2, 0.25) is 0 Å². The number of ether oxygens (including phenoxy) is 4. The molecule has 3 heterocycles. The standard InChI is InChI=1S/C44H36N4O5/c1-25-9-7-11-31(41(25)47-37-17-13-27(49-3)21-33(37)34-22-28(50-4)14-18-38(34)47)43-45-46-44(53-43)32-12-8-10-26(2)42(32)48-39-19-15-29(51-5)23-35(39)36-24-30(52-6)16-20-40(36)48/h7-24H,1-6H3. The van der Waals surface area contributed by atoms with Gasteiger partial charge in [0, 0.05) is 21.5 Å². The Labute approximate surface area is 305 Å². The minimum Gasteiger partial charge on any atom is -0.497 e. The van der Waals surface area contributed by atoms with Crippen LogP contribution in [-0.2, 0) is 0 Å². The third-order valence-corrected chi connectivity index (χ3v) is 10.2. The fraction of sp³-hybridized carbons (Fsp3) is 0.136. The fourth-order valence-corrected chi connectivity index (χ4v) is 7.65. The first kappa shape index (κ1) is 32.2. The van der Waals surface area contributed by atoms with Crippen molar-refractivity contribution < 1.29 is 23.4 Å². The molecule has 0 N–H and O–H groups in total. The number of aromatic nitrogens is 4. The molecular formula is C44H36N4O5. The van der Waals surface area contributed by atoms with Crippen molar-refractivity contribution in [2.45, 2.75) is 13.8 Å². The number of hydrogen-bond donors (Lipinski definition) is 0. The van der Waals surface area contributed by atoms with Crippen molar-refractivity contribution in [3.63, 3.8) is 0 Å². The Kier molecular flexibility index (Phi) is 7.58. The second kappa shape index (κ2) is 12.5. The predicted molar refractivity (Wildman–Crippen MR) is 210 cm³/mol. The van der Waals surface area contributed by atoms with E-state index in [2.05, 4.69) is 83.6 Å². The van der Waals surface area contributed by atoms with Gasteiger partial charge in [0.1, 0.15) is 23.0 Å². The van der Waals surface area contributed by atoms with Crippen LogP contribution in [0.1, 0.15) is 11.1 Å². The van der Waals surface area contributed by atoms with Crippen molar-refractivity contribution in [1.82, 2.24) is 19.3 Å². The zero-order chi connectivity index (χ0) is 36.4. The van der Waals surface area contributed by atoms with Crippen LogP contribution in [-0.4, -0.2) is 47.8 Å². The Hall–Kier alpha value is -6.74. The highest BCUT2D eigenvalue weighted by Gasteiger charge is 2.24. The van der Waals surface area contributed by atoms with Gasteiger partial charge in [-0.15, -0.1) is 10.2 Å². The topological polar surface area (TPSA) is 85.7 Å². The van der Waals surface area contributed by atoms with E-state index in [4.69, 9.17) is 33.6 Å². The highest BCUT2D eigenvalue weighted by Crippen LogP contribution is 2.42. The Morgan fingerprint density at radius 2 is 0.755 bits per heavy atom. The summed E-state index contributed by atoms with van der Waals surface area (Å²) >= 11 is 0. The number of rotatable bonds is 8. The van der Waals surface area contributed by atoms with Crippen LogP contribution < -0.4 is 18.9 Å². The third-order valence-electron chi connectivity index (χ3n) is 10.2. The SMILES string of the molecule is COc1ccc2c(c1)c1cc(OC)ccc1n2-c1c(C)cccc1-c1nnc(-c2cccc(C)c2-n2c3ccc(OC)cc3c3cc(OC)ccc32)o1. The van der Waals surface area contributed by atoms with Crippen molar-refractivity contribution in [2.75, 3.05) is 28.4 Å². The number of hydrogen-bond acceptors (Lipinski definition) is 7. The molecule has 0 amide bonds. The molecule has 0 aliphatic carbocycles. The molecule has 262 valence electrons. The Morgan fingerprint density at radius 3 is 1.06 bits per heavy atom. The number of methoxy groups -OCH3 is 4. The molecule has 0 aliphatic heterocycles. The van der Waals surface area contributed by atoms with Crippen LogP contribution in [0.25, 0.3) is 77.9 Å². The molecule has 0 atom stereocenters. The average molecular weight is 701 g/mol. The zero-order valence-corrected chi connectivity index (χ0v) is 30.2. The molecule has 0 aliphatic rings. The van der Waals surface area contributed by atoms with Gasteiger partial charge in [-0.05, 0) is 110 Å². The molecule has 0 fully saturated rings. The van der Waals surface area contributed by atoms with Gasteiger partial charge in [-0.1, -0.05) is 24.3 Å². The summed E-state index contributed by atoms with van der Waals surface area (Å²) in [4.78, 5) is 0. The highest BCUT2D eigenvalue weighted by molar-refractivity contribution is 6.12. The second-order valence-corrected chi connectivity index (χ2v) is 13.1. The average Bonchev–Trinajstić information content (AvgIpc) is 3.90. The Balaban J connectivity index is 1.25. The van der Waals surface area contributed by atoms with E-state index in [0.717, 1.165) is 100 Å². The van der Waals surface area contributed by atoms with Crippen LogP contribution in [0, 0.1) is 13.8 Å². The molecule has 0 radical (unpaired) electrons. The van der Waals surface area contributed by atoms with Gasteiger partial charge in [0.15, 0.2) is 0 Å². The van der Waals surface area contributed by atoms with Crippen molar-refractivity contribution in [3.05, 3.63) is 120 Å². The first-order valence-electron chi connectivity index (χ1n) is 17.3. The molecule has 3 aromatic heterocycles. The second-order valence-electron chi connectivity index (χ2n) is 13.1. The maximum Gasteiger partial charge on any atom is 0.250 e. The maximum absolute atomic E-state index is 6.71. The number of fused-ring (bicyclic) bond motifs is 6. The van der Waals surface area contributed by atoms with Gasteiger partial charge in [0.25, 0.3) is 0 Å². The van der Waals surface area contributed by atoms with Crippen LogP contribution in [0.15, 0.2) is 114 Å². The van der Waals surface area contributed by atoms with E-state index in [1.54, 1.807) is 28.4 Å². The monoisotopic (exact) mass is 700 g/mol. The Morgan fingerprint density at radius 1 is 0.434 bits per heavy atom. The van der Waals surface area contributed by atoms with Gasteiger partial charge in [0.2, 0.25) is 11.8 Å². The van der Waals surface area contributed by atoms with E-state index >= 15 is 0 Å². The smallest absolute Gasteiger partial charge is 0.250 e. The van der Waals surface area contributed by atoms with Crippen molar-refractivity contribution >= 4 is 43.6 Å². The molecule has 9 nitrogen and oxygen atoms in total. The summed E-state index contributed by atoms with van der Waals surface area (Å²) in [5, 5.41) is 13.6. The van der Waals surface area contributed by atoms with E-state index in [0.29, 0.717) is 11.8 Å². The third kappa shape index (κ3) is 4.99. The van der Waals surface area contributed by atoms with Crippen molar-refractivity contribution in [3.8, 4) is 57.3 Å². The first-order valence-corrected chi connectivity index (χ1v) is 17.3. The minimum absolute atomic E-state index is 0.417. The van der Waals surface area contributed by atoms with E-state index in [1.807, 2.05) is 48.5 Å². The molecular weight excluding hydrogens is 665 g/mol. The zero-order valence-electron chi connectivity index (χ0n) is 30.2. The molecule has 0 bridgehead atoms. The lowest BCUT2D eigenvalue weighted by molar-refractivity contribution is 0.415. The van der Waals surface area contributed by atoms with Crippen LogP contribution in [0.3, 0.4) is 0 Å². The molecule has 6 aromatic carbocycles. The number of nitrogens with zero attached hydrogens (tertiary/aromatic N) is 4. The summed E-state index contributed by atoms with van der Waals surface area (Å²) in [7, 11) is 6.73. The molecule has 53 heavy (non-hydrogen) atoms. The molecule has 0 unspecified atom stereocenters. The quantitative estimate of drug-likeness (QED) is 0.156. The molecule has 9 rings (SSSR count). The van der Waals surface area contributed by atoms with Gasteiger partial charge in [0.05, 0.1) is 73.0 Å². The summed E-state index contributed by atoms with van der Waals surface area (Å²) < 4.78 is 33.8. The normalized spacial score (nSPS) is 11.6. The molecule has 9 heteroatoms. The lowest BCUT2D eigenvalue weighted by Gasteiger charge is -2.15. The van der Waals surface area contributed by atoms with Crippen LogP contribution >= 0.6 is 0 Å². The van der Waals surface area contributed by atoms with Crippen LogP contribution in [0.4, 0.5) is 0 Å². The van der Waals surface area contributed by atoms with Gasteiger partial charge in [-0.25, -0.2) is 0 Å². The lowest BCUT2D eigenvalue weighted by atomic mass is 10.1. The van der Waals surface area contributed by atoms with E-state index in [9.17, 15) is 0 Å². The Bertz CT molecular complexity index is 2560. The number of para-hydroxylation sites is 2. The molecule has 0 saturated heterocycles. The number of aryl methyl sites for hydroxylation is 2. The fourth-order valence-electron chi connectivity index (χ4n) is 7.65. The molecule has 0 spiro atoms. The number of benzene rings is 6. The van der Waals surface area contributed by atoms with Crippen molar-refractivity contribution in [1.29, 1.82) is 0 Å².